The van der Waals surface area contributed by atoms with Crippen LogP contribution in [0.15, 0.2) is 24.3 Å². The summed E-state index contributed by atoms with van der Waals surface area (Å²) in [6.07, 6.45) is 0.849. The van der Waals surface area contributed by atoms with Gasteiger partial charge in [0.25, 0.3) is 0 Å². The fourth-order valence-corrected chi connectivity index (χ4v) is 2.09. The van der Waals surface area contributed by atoms with Crippen molar-refractivity contribution in [3.05, 3.63) is 29.8 Å². The molecule has 0 aliphatic rings. The Morgan fingerprint density at radius 1 is 1.47 bits per heavy atom. The minimum atomic E-state index is 0.0422. The molecule has 0 aliphatic heterocycles. The zero-order chi connectivity index (χ0) is 14.3. The number of benzene rings is 1. The molecule has 1 unspecified atom stereocenters. The van der Waals surface area contributed by atoms with Crippen molar-refractivity contribution < 1.29 is 9.53 Å². The van der Waals surface area contributed by atoms with Crippen molar-refractivity contribution in [3.8, 4) is 5.75 Å². The quantitative estimate of drug-likeness (QED) is 0.818. The van der Waals surface area contributed by atoms with Crippen molar-refractivity contribution >= 4 is 5.91 Å². The molecule has 4 heteroatoms. The average Bonchev–Trinajstić information content (AvgIpc) is 2.44. The maximum absolute atomic E-state index is 12.3. The second-order valence-corrected chi connectivity index (χ2v) is 4.71. The summed E-state index contributed by atoms with van der Waals surface area (Å²) in [5.74, 6) is 1.04. The number of carbonyl (C=O) groups is 1. The van der Waals surface area contributed by atoms with E-state index in [1.807, 2.05) is 45.3 Å². The van der Waals surface area contributed by atoms with Crippen molar-refractivity contribution in [3.63, 3.8) is 0 Å². The molecule has 1 N–H and O–H groups in total. The predicted molar refractivity (Wildman–Crippen MR) is 77.2 cm³/mol. The number of hydrogen-bond acceptors (Lipinski definition) is 3. The van der Waals surface area contributed by atoms with E-state index >= 15 is 0 Å². The lowest BCUT2D eigenvalue weighted by Gasteiger charge is -2.23. The van der Waals surface area contributed by atoms with Crippen LogP contribution >= 0.6 is 0 Å². The third-order valence-corrected chi connectivity index (χ3v) is 3.22. The smallest absolute Gasteiger partial charge is 0.226 e. The fraction of sp³-hybridized carbons (Fsp3) is 0.533. The summed E-state index contributed by atoms with van der Waals surface area (Å²) in [6.45, 7) is 3.37. The average molecular weight is 264 g/mol. The lowest BCUT2D eigenvalue weighted by Crippen LogP contribution is -2.36. The molecule has 1 aromatic rings. The highest BCUT2D eigenvalue weighted by atomic mass is 16.5. The SMILES string of the molecule is CCC(CNC)C(=O)N(C)Cc1cccc(OC)c1. The number of hydrogen-bond donors (Lipinski definition) is 1. The van der Waals surface area contributed by atoms with Crippen molar-refractivity contribution in [2.45, 2.75) is 19.9 Å². The van der Waals surface area contributed by atoms with Gasteiger partial charge in [-0.25, -0.2) is 0 Å². The number of carbonyl (C=O) groups excluding carboxylic acids is 1. The van der Waals surface area contributed by atoms with Crippen LogP contribution in [0.5, 0.6) is 5.75 Å². The molecular weight excluding hydrogens is 240 g/mol. The van der Waals surface area contributed by atoms with Gasteiger partial charge >= 0.3 is 0 Å². The largest absolute Gasteiger partial charge is 0.497 e. The Hall–Kier alpha value is -1.55. The molecule has 0 saturated carbocycles. The van der Waals surface area contributed by atoms with Crippen LogP contribution in [0.3, 0.4) is 0 Å². The number of amides is 1. The Bertz CT molecular complexity index is 407. The highest BCUT2D eigenvalue weighted by molar-refractivity contribution is 5.78. The second kappa shape index (κ2) is 7.79. The summed E-state index contributed by atoms with van der Waals surface area (Å²) < 4.78 is 5.19. The van der Waals surface area contributed by atoms with Gasteiger partial charge in [-0.3, -0.25) is 4.79 Å². The van der Waals surface area contributed by atoms with E-state index in [4.69, 9.17) is 4.74 Å². The molecule has 0 heterocycles. The maximum Gasteiger partial charge on any atom is 0.226 e. The van der Waals surface area contributed by atoms with Gasteiger partial charge in [-0.1, -0.05) is 19.1 Å². The second-order valence-electron chi connectivity index (χ2n) is 4.71. The highest BCUT2D eigenvalue weighted by Gasteiger charge is 2.19. The molecular formula is C15H24N2O2. The van der Waals surface area contributed by atoms with E-state index in [-0.39, 0.29) is 11.8 Å². The first-order chi connectivity index (χ1) is 9.12. The summed E-state index contributed by atoms with van der Waals surface area (Å²) in [7, 11) is 5.37. The van der Waals surface area contributed by atoms with E-state index in [1.54, 1.807) is 12.0 Å². The first-order valence-electron chi connectivity index (χ1n) is 6.64. The molecule has 1 atom stereocenters. The summed E-state index contributed by atoms with van der Waals surface area (Å²) >= 11 is 0. The van der Waals surface area contributed by atoms with Crippen LogP contribution in [-0.2, 0) is 11.3 Å². The molecule has 19 heavy (non-hydrogen) atoms. The first kappa shape index (κ1) is 15.5. The molecule has 1 amide bonds. The first-order valence-corrected chi connectivity index (χ1v) is 6.64. The van der Waals surface area contributed by atoms with Gasteiger partial charge in [0, 0.05) is 20.1 Å². The van der Waals surface area contributed by atoms with E-state index in [2.05, 4.69) is 5.32 Å². The Morgan fingerprint density at radius 3 is 2.79 bits per heavy atom. The number of nitrogens with zero attached hydrogens (tertiary/aromatic N) is 1. The third kappa shape index (κ3) is 4.56. The molecule has 0 radical (unpaired) electrons. The predicted octanol–water partition coefficient (Wildman–Crippen LogP) is 1.90. The summed E-state index contributed by atoms with van der Waals surface area (Å²) in [6, 6.07) is 7.81. The van der Waals surface area contributed by atoms with Crippen molar-refractivity contribution in [2.24, 2.45) is 5.92 Å². The topological polar surface area (TPSA) is 41.6 Å². The van der Waals surface area contributed by atoms with E-state index in [9.17, 15) is 4.79 Å². The van der Waals surface area contributed by atoms with Crippen LogP contribution in [0.1, 0.15) is 18.9 Å². The van der Waals surface area contributed by atoms with Gasteiger partial charge in [0.05, 0.1) is 13.0 Å². The third-order valence-electron chi connectivity index (χ3n) is 3.22. The molecule has 0 spiro atoms. The number of methoxy groups -OCH3 is 1. The zero-order valence-corrected chi connectivity index (χ0v) is 12.3. The van der Waals surface area contributed by atoms with Gasteiger partial charge in [-0.15, -0.1) is 0 Å². The Labute approximate surface area is 115 Å². The molecule has 4 nitrogen and oxygen atoms in total. The molecule has 106 valence electrons. The standard InChI is InChI=1S/C15H24N2O2/c1-5-13(10-16-2)15(18)17(3)11-12-7-6-8-14(9-12)19-4/h6-9,13,16H,5,10-11H2,1-4H3. The lowest BCUT2D eigenvalue weighted by molar-refractivity contribution is -0.134. The minimum absolute atomic E-state index is 0.0422. The Morgan fingerprint density at radius 2 is 2.21 bits per heavy atom. The molecule has 0 bridgehead atoms. The Balaban J connectivity index is 2.67. The van der Waals surface area contributed by atoms with Gasteiger partial charge in [0.15, 0.2) is 0 Å². The zero-order valence-electron chi connectivity index (χ0n) is 12.3. The lowest BCUT2D eigenvalue weighted by atomic mass is 10.0. The maximum atomic E-state index is 12.3. The Kier molecular flexibility index (Phi) is 6.36. The fourth-order valence-electron chi connectivity index (χ4n) is 2.09. The molecule has 0 aromatic heterocycles. The number of ether oxygens (including phenoxy) is 1. The van der Waals surface area contributed by atoms with Crippen LogP contribution in [0.2, 0.25) is 0 Å². The minimum Gasteiger partial charge on any atom is -0.497 e. The molecule has 1 aromatic carbocycles. The normalized spacial score (nSPS) is 12.0. The van der Waals surface area contributed by atoms with Gasteiger partial charge in [0.2, 0.25) is 5.91 Å². The van der Waals surface area contributed by atoms with Crippen LogP contribution in [0.4, 0.5) is 0 Å². The van der Waals surface area contributed by atoms with Crippen molar-refractivity contribution in [1.82, 2.24) is 10.2 Å². The number of nitrogens with one attached hydrogen (secondary N) is 1. The summed E-state index contributed by atoms with van der Waals surface area (Å²) in [5, 5.41) is 3.07. The molecule has 0 fully saturated rings. The van der Waals surface area contributed by atoms with Crippen molar-refractivity contribution in [2.75, 3.05) is 27.7 Å². The van der Waals surface area contributed by atoms with Gasteiger partial charge in [-0.05, 0) is 31.2 Å². The molecule has 1 rings (SSSR count). The molecule has 0 saturated heterocycles. The van der Waals surface area contributed by atoms with Gasteiger partial charge < -0.3 is 15.0 Å². The van der Waals surface area contributed by atoms with E-state index < -0.39 is 0 Å². The van der Waals surface area contributed by atoms with Crippen LogP contribution in [0, 0.1) is 5.92 Å². The van der Waals surface area contributed by atoms with Crippen LogP contribution in [-0.4, -0.2) is 38.6 Å². The van der Waals surface area contributed by atoms with E-state index in [0.29, 0.717) is 6.54 Å². The monoisotopic (exact) mass is 264 g/mol. The molecule has 0 aliphatic carbocycles. The van der Waals surface area contributed by atoms with E-state index in [1.165, 1.54) is 0 Å². The van der Waals surface area contributed by atoms with Gasteiger partial charge in [-0.2, -0.15) is 0 Å². The van der Waals surface area contributed by atoms with Crippen LogP contribution < -0.4 is 10.1 Å². The van der Waals surface area contributed by atoms with Gasteiger partial charge in [0.1, 0.15) is 5.75 Å². The van der Waals surface area contributed by atoms with Crippen LogP contribution in [0.25, 0.3) is 0 Å². The number of rotatable bonds is 7. The van der Waals surface area contributed by atoms with Crippen molar-refractivity contribution in [1.29, 1.82) is 0 Å². The highest BCUT2D eigenvalue weighted by Crippen LogP contribution is 2.15. The summed E-state index contributed by atoms with van der Waals surface area (Å²) in [5.41, 5.74) is 1.08. The van der Waals surface area contributed by atoms with E-state index in [0.717, 1.165) is 24.3 Å². The summed E-state index contributed by atoms with van der Waals surface area (Å²) in [4.78, 5) is 14.1.